The van der Waals surface area contributed by atoms with Gasteiger partial charge in [0.25, 0.3) is 11.8 Å². The average molecular weight is 379 g/mol. The molecule has 1 aromatic rings. The highest BCUT2D eigenvalue weighted by atomic mass is 127. The maximum absolute atomic E-state index is 11.2. The van der Waals surface area contributed by atoms with Gasteiger partial charge in [-0.2, -0.15) is 0 Å². The molecule has 5 nitrogen and oxygen atoms in total. The predicted octanol–water partition coefficient (Wildman–Crippen LogP) is 2.18. The summed E-state index contributed by atoms with van der Waals surface area (Å²) in [6, 6.07) is 5.87. The molecule has 2 rings (SSSR count). The molecule has 18 heavy (non-hydrogen) atoms. The molecule has 7 heteroatoms. The molecule has 0 saturated carbocycles. The van der Waals surface area contributed by atoms with Crippen LogP contribution in [0.25, 0.3) is 0 Å². The molecule has 0 aromatic heterocycles. The van der Waals surface area contributed by atoms with Crippen molar-refractivity contribution in [2.45, 2.75) is 0 Å². The van der Waals surface area contributed by atoms with Crippen molar-refractivity contribution in [3.8, 4) is 5.75 Å². The number of amides is 2. The van der Waals surface area contributed by atoms with Crippen LogP contribution in [-0.4, -0.2) is 28.5 Å². The smallest absolute Gasteiger partial charge is 0.258 e. The van der Waals surface area contributed by atoms with Crippen molar-refractivity contribution in [1.29, 1.82) is 0 Å². The van der Waals surface area contributed by atoms with Crippen LogP contribution in [0.1, 0.15) is 0 Å². The Balaban J connectivity index is 0.000000357. The van der Waals surface area contributed by atoms with Gasteiger partial charge in [0.1, 0.15) is 5.75 Å². The fourth-order valence-corrected chi connectivity index (χ4v) is 1.26. The van der Waals surface area contributed by atoms with Crippen LogP contribution < -0.4 is 4.90 Å². The van der Waals surface area contributed by atoms with E-state index >= 15 is 0 Å². The average Bonchev–Trinajstić information content (AvgIpc) is 2.60. The number of halogens is 1. The van der Waals surface area contributed by atoms with E-state index in [1.54, 1.807) is 6.66 Å². The first-order valence-electron chi connectivity index (χ1n) is 4.85. The number of benzene rings is 1. The number of rotatable bonds is 1. The second-order valence-corrected chi connectivity index (χ2v) is 8.38. The third-order valence-corrected chi connectivity index (χ3v) is 1.92. The Bertz CT molecular complexity index is 452. The van der Waals surface area contributed by atoms with Gasteiger partial charge >= 0.3 is 0 Å². The Morgan fingerprint density at radius 1 is 1.11 bits per heavy atom. The zero-order chi connectivity index (χ0) is 13.7. The summed E-state index contributed by atoms with van der Waals surface area (Å²) >= 11 is 1.96. The van der Waals surface area contributed by atoms with Gasteiger partial charge in [-0.25, -0.2) is 4.90 Å². The van der Waals surface area contributed by atoms with Gasteiger partial charge < -0.3 is 10.00 Å². The van der Waals surface area contributed by atoms with Gasteiger partial charge in [-0.1, -0.05) is 0 Å². The first-order valence-corrected chi connectivity index (χ1v) is 9.38. The van der Waals surface area contributed by atoms with E-state index in [1.165, 1.54) is 36.4 Å². The van der Waals surface area contributed by atoms with E-state index in [0.29, 0.717) is 5.69 Å². The molecule has 1 unspecified atom stereocenters. The summed E-state index contributed by atoms with van der Waals surface area (Å²) in [4.78, 5) is 31.6. The van der Waals surface area contributed by atoms with Crippen molar-refractivity contribution in [3.63, 3.8) is 0 Å². The standard InChI is InChI=1S/C10H7NO3.CH4IOP/c12-8-3-1-7(2-4-8)11-9(13)5-6-10(11)14;1-4(2)3/h1-6,12H;3H,1H3. The SMILES string of the molecule is CP(O)I.O=C1C=CC(=O)N1c1ccc(O)cc1. The second-order valence-electron chi connectivity index (χ2n) is 3.31. The number of imide groups is 1. The van der Waals surface area contributed by atoms with Crippen LogP contribution in [0.5, 0.6) is 5.75 Å². The number of carbonyl (C=O) groups is 2. The summed E-state index contributed by atoms with van der Waals surface area (Å²) in [6.07, 6.45) is 2.43. The molecule has 0 bridgehead atoms. The van der Waals surface area contributed by atoms with Crippen LogP contribution in [0.15, 0.2) is 36.4 Å². The van der Waals surface area contributed by atoms with Gasteiger partial charge in [0.2, 0.25) is 0 Å². The van der Waals surface area contributed by atoms with E-state index in [-0.39, 0.29) is 17.6 Å². The van der Waals surface area contributed by atoms with Crippen LogP contribution in [0.4, 0.5) is 5.69 Å². The summed E-state index contributed by atoms with van der Waals surface area (Å²) in [7, 11) is 0. The van der Waals surface area contributed by atoms with E-state index in [1.807, 2.05) is 22.0 Å². The number of phenols is 1. The highest BCUT2D eigenvalue weighted by Gasteiger charge is 2.24. The van der Waals surface area contributed by atoms with Crippen molar-refractivity contribution < 1.29 is 19.6 Å². The highest BCUT2D eigenvalue weighted by molar-refractivity contribution is 14.2. The molecule has 1 aromatic carbocycles. The quantitative estimate of drug-likeness (QED) is 0.446. The summed E-state index contributed by atoms with van der Waals surface area (Å²) in [5.74, 6) is -1.27. The summed E-state index contributed by atoms with van der Waals surface area (Å²) in [5.41, 5.74) is 0.461. The molecule has 2 amide bonds. The normalized spacial score (nSPS) is 15.4. The molecular formula is C11H11INO4P. The van der Waals surface area contributed by atoms with Gasteiger partial charge in [-0.05, 0) is 53.0 Å². The molecule has 1 aliphatic heterocycles. The Kier molecular flexibility index (Phi) is 5.71. The van der Waals surface area contributed by atoms with Crippen LogP contribution in [-0.2, 0) is 9.59 Å². The third kappa shape index (κ3) is 4.36. The summed E-state index contributed by atoms with van der Waals surface area (Å²) in [6.45, 7) is 1.77. The minimum Gasteiger partial charge on any atom is -0.508 e. The lowest BCUT2D eigenvalue weighted by atomic mass is 10.3. The molecule has 96 valence electrons. The highest BCUT2D eigenvalue weighted by Crippen LogP contribution is 2.33. The molecule has 0 aliphatic carbocycles. The second kappa shape index (κ2) is 6.82. The fraction of sp³-hybridized carbons (Fsp3) is 0.0909. The monoisotopic (exact) mass is 379 g/mol. The largest absolute Gasteiger partial charge is 0.508 e. The molecule has 2 N–H and O–H groups in total. The molecule has 0 spiro atoms. The number of carbonyl (C=O) groups excluding carboxylic acids is 2. The van der Waals surface area contributed by atoms with E-state index in [0.717, 1.165) is 4.90 Å². The number of phenolic OH excluding ortho intramolecular Hbond substituents is 1. The van der Waals surface area contributed by atoms with Crippen molar-refractivity contribution in [1.82, 2.24) is 0 Å². The number of hydrogen-bond donors (Lipinski definition) is 2. The zero-order valence-corrected chi connectivity index (χ0v) is 12.5. The molecule has 0 radical (unpaired) electrons. The number of aromatic hydroxyl groups is 1. The number of anilines is 1. The van der Waals surface area contributed by atoms with Gasteiger partial charge in [-0.15, -0.1) is 0 Å². The predicted molar refractivity (Wildman–Crippen MR) is 78.8 cm³/mol. The first-order chi connectivity index (χ1) is 8.41. The molecule has 1 atom stereocenters. The summed E-state index contributed by atoms with van der Waals surface area (Å²) in [5, 5.41) is 9.03. The van der Waals surface area contributed by atoms with E-state index in [2.05, 4.69) is 0 Å². The maximum Gasteiger partial charge on any atom is 0.258 e. The third-order valence-electron chi connectivity index (χ3n) is 1.92. The number of hydrogen-bond acceptors (Lipinski definition) is 4. The van der Waals surface area contributed by atoms with Crippen LogP contribution in [0.2, 0.25) is 0 Å². The van der Waals surface area contributed by atoms with Crippen molar-refractivity contribution >= 4 is 45.3 Å². The van der Waals surface area contributed by atoms with Crippen molar-refractivity contribution in [2.24, 2.45) is 0 Å². The first kappa shape index (κ1) is 15.1. The minimum atomic E-state index is -0.650. The summed E-state index contributed by atoms with van der Waals surface area (Å²) < 4.78 is 0. The Labute approximate surface area is 118 Å². The molecule has 0 fully saturated rings. The minimum absolute atomic E-state index is 0.0980. The Morgan fingerprint density at radius 2 is 1.50 bits per heavy atom. The lowest BCUT2D eigenvalue weighted by Crippen LogP contribution is -2.29. The van der Waals surface area contributed by atoms with E-state index in [9.17, 15) is 9.59 Å². The van der Waals surface area contributed by atoms with E-state index in [4.69, 9.17) is 10.00 Å². The molecule has 1 aliphatic rings. The van der Waals surface area contributed by atoms with Crippen LogP contribution >= 0.6 is 27.8 Å². The van der Waals surface area contributed by atoms with Gasteiger partial charge in [0.05, 0.1) is 11.5 Å². The van der Waals surface area contributed by atoms with Gasteiger partial charge in [-0.3, -0.25) is 9.59 Å². The molecule has 0 saturated heterocycles. The van der Waals surface area contributed by atoms with Crippen molar-refractivity contribution in [2.75, 3.05) is 11.6 Å². The maximum atomic E-state index is 11.2. The van der Waals surface area contributed by atoms with Gasteiger partial charge in [0.15, 0.2) is 0 Å². The lowest BCUT2D eigenvalue weighted by Gasteiger charge is -2.13. The molecule has 1 heterocycles. The van der Waals surface area contributed by atoms with Crippen LogP contribution in [0.3, 0.4) is 0 Å². The topological polar surface area (TPSA) is 77.8 Å². The van der Waals surface area contributed by atoms with Gasteiger partial charge in [0, 0.05) is 12.2 Å². The molecular weight excluding hydrogens is 368 g/mol. The van der Waals surface area contributed by atoms with E-state index < -0.39 is 5.79 Å². The lowest BCUT2D eigenvalue weighted by molar-refractivity contribution is -0.119. The fourth-order valence-electron chi connectivity index (χ4n) is 1.26. The van der Waals surface area contributed by atoms with Crippen LogP contribution in [0, 0.1) is 0 Å². The Hall–Kier alpha value is -0.980. The zero-order valence-electron chi connectivity index (χ0n) is 9.45. The Morgan fingerprint density at radius 3 is 1.89 bits per heavy atom. The number of nitrogens with zero attached hydrogens (tertiary/aromatic N) is 1. The van der Waals surface area contributed by atoms with Crippen molar-refractivity contribution in [3.05, 3.63) is 36.4 Å².